The summed E-state index contributed by atoms with van der Waals surface area (Å²) in [6.07, 6.45) is 0. The monoisotopic (exact) mass is 231 g/mol. The molecule has 1 aliphatic rings. The van der Waals surface area contributed by atoms with E-state index in [2.05, 4.69) is 33.8 Å². The first kappa shape index (κ1) is 10.8. The zero-order valence-corrected chi connectivity index (χ0v) is 10.0. The van der Waals surface area contributed by atoms with E-state index in [0.717, 1.165) is 5.19 Å². The molecule has 16 heavy (non-hydrogen) atoms. The molecule has 0 spiro atoms. The second kappa shape index (κ2) is 3.73. The predicted molar refractivity (Wildman–Crippen MR) is 64.5 cm³/mol. The molecule has 0 saturated carbocycles. The van der Waals surface area contributed by atoms with Crippen molar-refractivity contribution in [2.75, 3.05) is 0 Å². The van der Waals surface area contributed by atoms with Gasteiger partial charge in [-0.15, -0.1) is 16.8 Å². The molecule has 5 nitrogen and oxygen atoms in total. The second-order valence-corrected chi connectivity index (χ2v) is 8.00. The summed E-state index contributed by atoms with van der Waals surface area (Å²) >= 11 is 0. The first-order valence-corrected chi connectivity index (χ1v) is 7.52. The minimum atomic E-state index is -2.27. The maximum Gasteiger partial charge on any atom is 0.234 e. The summed E-state index contributed by atoms with van der Waals surface area (Å²) in [6.45, 7) is 5.93. The Morgan fingerprint density at radius 2 is 1.81 bits per heavy atom. The summed E-state index contributed by atoms with van der Waals surface area (Å²) < 4.78 is 0. The molecule has 0 bridgehead atoms. The van der Waals surface area contributed by atoms with Crippen LogP contribution in [-0.2, 0) is 0 Å². The molecule has 1 heterocycles. The molecule has 1 unspecified atom stereocenters. The molecule has 6 heteroatoms. The Bertz CT molecular complexity index is 444. The number of nitrogens with zero attached hydrogens (tertiary/aromatic N) is 4. The molecule has 0 fully saturated rings. The van der Waals surface area contributed by atoms with Crippen LogP contribution in [0.25, 0.3) is 0 Å². The summed E-state index contributed by atoms with van der Waals surface area (Å²) in [7, 11) is -2.27. The van der Waals surface area contributed by atoms with Crippen molar-refractivity contribution in [2.24, 2.45) is 26.4 Å². The van der Waals surface area contributed by atoms with Crippen molar-refractivity contribution in [3.63, 3.8) is 0 Å². The van der Waals surface area contributed by atoms with Gasteiger partial charge in [0.15, 0.2) is 8.07 Å². The number of hydrogen-bond donors (Lipinski definition) is 1. The van der Waals surface area contributed by atoms with Crippen molar-refractivity contribution < 1.29 is 0 Å². The van der Waals surface area contributed by atoms with Crippen LogP contribution in [0.1, 0.15) is 0 Å². The van der Waals surface area contributed by atoms with Gasteiger partial charge >= 0.3 is 0 Å². The van der Waals surface area contributed by atoms with Gasteiger partial charge in [0.25, 0.3) is 0 Å². The zero-order valence-electron chi connectivity index (χ0n) is 9.04. The molecule has 0 aliphatic carbocycles. The molecule has 2 rings (SSSR count). The highest BCUT2D eigenvalue weighted by Gasteiger charge is 2.50. The predicted octanol–water partition coefficient (Wildman–Crippen LogP) is 1.68. The largest absolute Gasteiger partial charge is 0.288 e. The van der Waals surface area contributed by atoms with Crippen LogP contribution in [0.3, 0.4) is 0 Å². The van der Waals surface area contributed by atoms with Crippen molar-refractivity contribution in [3.8, 4) is 0 Å². The average Bonchev–Trinajstić information content (AvgIpc) is 2.78. The van der Waals surface area contributed by atoms with Gasteiger partial charge in [-0.1, -0.05) is 42.6 Å². The number of nitrogens with two attached hydrogens (primary N) is 1. The molecule has 82 valence electrons. The Kier molecular flexibility index (Phi) is 2.53. The molecule has 0 radical (unpaired) electrons. The van der Waals surface area contributed by atoms with E-state index in [9.17, 15) is 0 Å². The number of benzene rings is 1. The van der Waals surface area contributed by atoms with E-state index in [-0.39, 0.29) is 0 Å². The maximum absolute atomic E-state index is 6.15. The molecule has 1 aliphatic heterocycles. The van der Waals surface area contributed by atoms with Gasteiger partial charge in [-0.25, -0.2) is 0 Å². The van der Waals surface area contributed by atoms with Crippen molar-refractivity contribution in [3.05, 3.63) is 42.6 Å². The molecule has 0 amide bonds. The Morgan fingerprint density at radius 1 is 1.25 bits per heavy atom. The minimum absolute atomic E-state index is 1.06. The van der Waals surface area contributed by atoms with E-state index in [4.69, 9.17) is 5.73 Å². The Morgan fingerprint density at radius 3 is 2.31 bits per heavy atom. The molecular formula is C10H13N5Si. The van der Waals surface area contributed by atoms with Crippen LogP contribution in [0.15, 0.2) is 63.3 Å². The third kappa shape index (κ3) is 1.43. The fourth-order valence-corrected chi connectivity index (χ4v) is 4.02. The Hall–Kier alpha value is -1.66. The smallest absolute Gasteiger partial charge is 0.234 e. The normalized spacial score (nSPS) is 20.6. The quantitative estimate of drug-likeness (QED) is 0.789. The van der Waals surface area contributed by atoms with E-state index in [1.54, 1.807) is 0 Å². The standard InChI is InChI=1S/C10H13N5Si/c1-3-16(2,9-7-5-4-6-8-9)10(11)12-14-15-13-10/h3-8H,1,11H2,2H3. The van der Waals surface area contributed by atoms with E-state index in [1.807, 2.05) is 36.0 Å². The second-order valence-electron chi connectivity index (χ2n) is 3.88. The van der Waals surface area contributed by atoms with Crippen LogP contribution in [0, 0.1) is 0 Å². The summed E-state index contributed by atoms with van der Waals surface area (Å²) in [6, 6.07) is 9.94. The van der Waals surface area contributed by atoms with Gasteiger partial charge in [0.2, 0.25) is 5.41 Å². The van der Waals surface area contributed by atoms with E-state index < -0.39 is 13.5 Å². The third-order valence-corrected chi connectivity index (χ3v) is 7.06. The maximum atomic E-state index is 6.15. The highest BCUT2D eigenvalue weighted by Crippen LogP contribution is 2.26. The molecule has 1 atom stereocenters. The summed E-state index contributed by atoms with van der Waals surface area (Å²) in [5.74, 6) is 0. The lowest BCUT2D eigenvalue weighted by molar-refractivity contribution is 0.630. The minimum Gasteiger partial charge on any atom is -0.288 e. The van der Waals surface area contributed by atoms with Crippen molar-refractivity contribution >= 4 is 13.3 Å². The average molecular weight is 231 g/mol. The number of rotatable bonds is 3. The van der Waals surface area contributed by atoms with E-state index >= 15 is 0 Å². The third-order valence-electron chi connectivity index (χ3n) is 2.98. The lowest BCUT2D eigenvalue weighted by Crippen LogP contribution is -2.65. The van der Waals surface area contributed by atoms with Crippen molar-refractivity contribution in [2.45, 2.75) is 12.0 Å². The topological polar surface area (TPSA) is 75.5 Å². The highest BCUT2D eigenvalue weighted by molar-refractivity contribution is 6.97. The molecule has 1 aromatic rings. The van der Waals surface area contributed by atoms with Crippen LogP contribution in [-0.4, -0.2) is 13.5 Å². The molecule has 1 aromatic carbocycles. The summed E-state index contributed by atoms with van der Waals surface area (Å²) in [4.78, 5) is 0. The molecule has 0 aromatic heterocycles. The van der Waals surface area contributed by atoms with Gasteiger partial charge in [-0.3, -0.25) is 5.73 Å². The van der Waals surface area contributed by atoms with E-state index in [0.29, 0.717) is 0 Å². The fourth-order valence-electron chi connectivity index (χ4n) is 1.67. The zero-order chi connectivity index (χ0) is 11.6. The van der Waals surface area contributed by atoms with Crippen molar-refractivity contribution in [1.29, 1.82) is 0 Å². The summed E-state index contributed by atoms with van der Waals surface area (Å²) in [5, 5.41) is 16.1. The summed E-state index contributed by atoms with van der Waals surface area (Å²) in [5.41, 5.74) is 6.96. The van der Waals surface area contributed by atoms with Crippen LogP contribution in [0.5, 0.6) is 0 Å². The van der Waals surface area contributed by atoms with Gasteiger partial charge in [0, 0.05) is 0 Å². The molecule has 2 N–H and O–H groups in total. The number of hydrogen-bond acceptors (Lipinski definition) is 5. The molecular weight excluding hydrogens is 218 g/mol. The first-order valence-electron chi connectivity index (χ1n) is 4.94. The fraction of sp³-hybridized carbons (Fsp3) is 0.200. The Balaban J connectivity index is 2.52. The Labute approximate surface area is 94.8 Å². The van der Waals surface area contributed by atoms with Gasteiger partial charge in [0.1, 0.15) is 0 Å². The molecule has 0 saturated heterocycles. The lowest BCUT2D eigenvalue weighted by atomic mass is 10.4. The van der Waals surface area contributed by atoms with Crippen molar-refractivity contribution in [1.82, 2.24) is 0 Å². The SMILES string of the molecule is C=C[Si](C)(c1ccccc1)C1(N)N=NN=N1. The van der Waals surface area contributed by atoms with Gasteiger partial charge in [0.05, 0.1) is 0 Å². The van der Waals surface area contributed by atoms with Gasteiger partial charge < -0.3 is 0 Å². The van der Waals surface area contributed by atoms with Gasteiger partial charge in [-0.2, -0.15) is 0 Å². The van der Waals surface area contributed by atoms with E-state index in [1.165, 1.54) is 0 Å². The van der Waals surface area contributed by atoms with Crippen LogP contribution >= 0.6 is 0 Å². The first-order chi connectivity index (χ1) is 7.62. The lowest BCUT2D eigenvalue weighted by Gasteiger charge is -2.32. The van der Waals surface area contributed by atoms with Gasteiger partial charge in [-0.05, 0) is 15.6 Å². The van der Waals surface area contributed by atoms with Crippen LogP contribution in [0.2, 0.25) is 6.55 Å². The van der Waals surface area contributed by atoms with Crippen LogP contribution in [0.4, 0.5) is 0 Å². The highest BCUT2D eigenvalue weighted by atomic mass is 28.3. The van der Waals surface area contributed by atoms with Crippen LogP contribution < -0.4 is 10.9 Å².